The number of benzene rings is 1. The van der Waals surface area contributed by atoms with E-state index in [4.69, 9.17) is 24.3 Å². The van der Waals surface area contributed by atoms with Gasteiger partial charge in [-0.15, -0.1) is 4.59 Å². The standard InChI is InChI=1S/C27H28N9O2/c1-13-24(14(2)38-35-13)19-8-21-18(9-22(19)37-5)25-26(32-21)30-15(3)31-27(25)33-23-10-20(16-6-7-16)34-36(23,4)17-11-28-29-12-17/h8-12,16H,6-7H2,1-5H3,(H,28,29)(H2,30,31,32,33)/q+1/t36-/m1/s1. The minimum absolute atomic E-state index is 0.231. The fourth-order valence-electron chi connectivity index (χ4n) is 5.36. The molecule has 3 N–H and O–H groups in total. The van der Waals surface area contributed by atoms with Crippen LogP contribution in [-0.2, 0) is 0 Å². The summed E-state index contributed by atoms with van der Waals surface area (Å²) < 4.78 is 11.5. The van der Waals surface area contributed by atoms with Crippen LogP contribution in [0.25, 0.3) is 33.1 Å². The molecule has 0 amide bonds. The Morgan fingerprint density at radius 3 is 2.68 bits per heavy atom. The first-order chi connectivity index (χ1) is 18.4. The molecule has 2 aliphatic rings. The molecule has 11 heteroatoms. The Kier molecular flexibility index (Phi) is 4.77. The molecule has 0 radical (unpaired) electrons. The smallest absolute Gasteiger partial charge is 0.240 e. The van der Waals surface area contributed by atoms with Gasteiger partial charge in [0.05, 0.1) is 30.0 Å². The van der Waals surface area contributed by atoms with E-state index in [1.807, 2.05) is 39.2 Å². The number of allylic oxidation sites excluding steroid dienone is 1. The monoisotopic (exact) mass is 510 g/mol. The number of hydrogen-bond donors (Lipinski definition) is 3. The number of hydrogen-bond acceptors (Lipinski definition) is 8. The largest absolute Gasteiger partial charge is 0.496 e. The fraction of sp³-hybridized carbons (Fsp3) is 0.296. The van der Waals surface area contributed by atoms with E-state index in [-0.39, 0.29) is 4.59 Å². The summed E-state index contributed by atoms with van der Waals surface area (Å²) in [5.41, 5.74) is 6.34. The number of aromatic nitrogens is 6. The summed E-state index contributed by atoms with van der Waals surface area (Å²) >= 11 is 0. The third-order valence-electron chi connectivity index (χ3n) is 7.48. The molecule has 0 unspecified atom stereocenters. The van der Waals surface area contributed by atoms with Gasteiger partial charge in [-0.05, 0) is 45.7 Å². The highest BCUT2D eigenvalue weighted by molar-refractivity contribution is 6.13. The van der Waals surface area contributed by atoms with Gasteiger partial charge in [0, 0.05) is 28.5 Å². The maximum absolute atomic E-state index is 5.84. The summed E-state index contributed by atoms with van der Waals surface area (Å²) in [6.07, 6.45) is 8.17. The molecule has 5 aromatic rings. The van der Waals surface area contributed by atoms with Crippen molar-refractivity contribution >= 4 is 39.2 Å². The molecule has 5 heterocycles. The molecule has 0 bridgehead atoms. The number of aryl methyl sites for hydroxylation is 3. The molecule has 1 aliphatic carbocycles. The Hall–Kier alpha value is -4.51. The van der Waals surface area contributed by atoms with E-state index in [0.717, 1.165) is 67.5 Å². The van der Waals surface area contributed by atoms with Gasteiger partial charge in [0.25, 0.3) is 0 Å². The summed E-state index contributed by atoms with van der Waals surface area (Å²) in [5, 5.41) is 21.8. The Labute approximate surface area is 218 Å². The molecule has 0 saturated heterocycles. The minimum Gasteiger partial charge on any atom is -0.496 e. The normalized spacial score (nSPS) is 19.3. The lowest BCUT2D eigenvalue weighted by Gasteiger charge is -2.24. The number of ether oxygens (including phenoxy) is 1. The lowest BCUT2D eigenvalue weighted by molar-refractivity contribution is 0.393. The Bertz CT molecular complexity index is 1770. The highest BCUT2D eigenvalue weighted by Gasteiger charge is 2.43. The number of H-pyrrole nitrogens is 2. The third kappa shape index (κ3) is 3.35. The number of fused-ring (bicyclic) bond motifs is 3. The molecular formula is C27H28N9O2+. The molecule has 38 heavy (non-hydrogen) atoms. The number of anilines is 1. The van der Waals surface area contributed by atoms with Crippen LogP contribution in [-0.4, -0.2) is 50.2 Å². The first-order valence-electron chi connectivity index (χ1n) is 12.6. The number of nitrogens with zero attached hydrogens (tertiary/aromatic N) is 6. The van der Waals surface area contributed by atoms with Crippen LogP contribution in [0, 0.1) is 26.7 Å². The van der Waals surface area contributed by atoms with Gasteiger partial charge in [0.15, 0.2) is 0 Å². The van der Waals surface area contributed by atoms with E-state index < -0.39 is 0 Å². The van der Waals surface area contributed by atoms with Crippen LogP contribution in [0.15, 0.2) is 46.0 Å². The van der Waals surface area contributed by atoms with Gasteiger partial charge in [-0.25, -0.2) is 9.97 Å². The topological polar surface area (TPSA) is 130 Å². The predicted molar refractivity (Wildman–Crippen MR) is 146 cm³/mol. The zero-order valence-corrected chi connectivity index (χ0v) is 21.9. The third-order valence-corrected chi connectivity index (χ3v) is 7.48. The molecule has 192 valence electrons. The second kappa shape index (κ2) is 7.99. The van der Waals surface area contributed by atoms with E-state index in [2.05, 4.69) is 44.8 Å². The van der Waals surface area contributed by atoms with Gasteiger partial charge in [-0.1, -0.05) is 10.3 Å². The molecular weight excluding hydrogens is 482 g/mol. The van der Waals surface area contributed by atoms with E-state index in [9.17, 15) is 0 Å². The van der Waals surface area contributed by atoms with Crippen LogP contribution in [0.1, 0.15) is 30.1 Å². The molecule has 1 fully saturated rings. The van der Waals surface area contributed by atoms with Crippen molar-refractivity contribution in [2.24, 2.45) is 11.0 Å². The second-order valence-electron chi connectivity index (χ2n) is 10.1. The van der Waals surface area contributed by atoms with Crippen LogP contribution in [0.2, 0.25) is 0 Å². The molecule has 1 saturated carbocycles. The number of rotatable bonds is 6. The maximum atomic E-state index is 5.84. The van der Waals surface area contributed by atoms with Gasteiger partial charge in [-0.2, -0.15) is 5.10 Å². The molecule has 11 nitrogen and oxygen atoms in total. The van der Waals surface area contributed by atoms with Crippen LogP contribution < -0.4 is 14.6 Å². The molecule has 4 aromatic heterocycles. The van der Waals surface area contributed by atoms with Gasteiger partial charge in [-0.3, -0.25) is 10.4 Å². The van der Waals surface area contributed by atoms with Crippen LogP contribution in [0.5, 0.6) is 5.75 Å². The fourth-order valence-corrected chi connectivity index (χ4v) is 5.36. The van der Waals surface area contributed by atoms with Crippen molar-refractivity contribution in [3.05, 3.63) is 53.7 Å². The Balaban J connectivity index is 1.40. The zero-order valence-electron chi connectivity index (χ0n) is 21.9. The first kappa shape index (κ1) is 22.7. The SMILES string of the molecule is COc1cc2c(cc1-c1c(C)noc1C)[nH]c1nc(C)nc(NC3=CC(C4CC4)=N[N@+]3(C)c3cn[nH]c3)c12. The van der Waals surface area contributed by atoms with Crippen LogP contribution in [0.3, 0.4) is 0 Å². The van der Waals surface area contributed by atoms with Crippen molar-refractivity contribution in [1.29, 1.82) is 0 Å². The van der Waals surface area contributed by atoms with E-state index in [1.54, 1.807) is 7.11 Å². The lowest BCUT2D eigenvalue weighted by atomic mass is 10.0. The molecule has 1 atom stereocenters. The quantitative estimate of drug-likeness (QED) is 0.271. The second-order valence-corrected chi connectivity index (χ2v) is 10.1. The average molecular weight is 511 g/mol. The lowest BCUT2D eigenvalue weighted by Crippen LogP contribution is -2.39. The Morgan fingerprint density at radius 1 is 1.16 bits per heavy atom. The van der Waals surface area contributed by atoms with Gasteiger partial charge in [0.2, 0.25) is 11.5 Å². The van der Waals surface area contributed by atoms with E-state index in [0.29, 0.717) is 17.6 Å². The van der Waals surface area contributed by atoms with Crippen LogP contribution >= 0.6 is 0 Å². The summed E-state index contributed by atoms with van der Waals surface area (Å²) in [5.74, 6) is 4.23. The molecule has 1 aliphatic heterocycles. The zero-order chi connectivity index (χ0) is 26.2. The number of methoxy groups -OCH3 is 1. The van der Waals surface area contributed by atoms with Crippen molar-refractivity contribution < 1.29 is 9.26 Å². The summed E-state index contributed by atoms with van der Waals surface area (Å²) in [6.45, 7) is 5.73. The molecule has 0 spiro atoms. The van der Waals surface area contributed by atoms with Crippen molar-refractivity contribution in [3.63, 3.8) is 0 Å². The highest BCUT2D eigenvalue weighted by Crippen LogP contribution is 2.42. The number of quaternary nitrogens is 1. The molecule has 1 aromatic carbocycles. The van der Waals surface area contributed by atoms with Crippen LogP contribution in [0.4, 0.5) is 11.5 Å². The summed E-state index contributed by atoms with van der Waals surface area (Å²) in [6, 6.07) is 4.09. The van der Waals surface area contributed by atoms with E-state index in [1.165, 1.54) is 12.8 Å². The van der Waals surface area contributed by atoms with E-state index >= 15 is 0 Å². The van der Waals surface area contributed by atoms with Gasteiger partial charge < -0.3 is 14.2 Å². The van der Waals surface area contributed by atoms with Gasteiger partial charge >= 0.3 is 0 Å². The maximum Gasteiger partial charge on any atom is 0.240 e. The van der Waals surface area contributed by atoms with Crippen molar-refractivity contribution in [2.45, 2.75) is 33.6 Å². The highest BCUT2D eigenvalue weighted by atomic mass is 16.5. The molecule has 7 rings (SSSR count). The Morgan fingerprint density at radius 2 is 2.00 bits per heavy atom. The van der Waals surface area contributed by atoms with Crippen molar-refractivity contribution in [3.8, 4) is 16.9 Å². The van der Waals surface area contributed by atoms with Crippen molar-refractivity contribution in [2.75, 3.05) is 19.5 Å². The minimum atomic E-state index is 0.231. The van der Waals surface area contributed by atoms with Crippen molar-refractivity contribution in [1.82, 2.24) is 34.9 Å². The number of nitrogens with one attached hydrogen (secondary N) is 3. The predicted octanol–water partition coefficient (Wildman–Crippen LogP) is 5.09. The average Bonchev–Trinajstić information content (AvgIpc) is 3.18. The first-order valence-corrected chi connectivity index (χ1v) is 12.6. The summed E-state index contributed by atoms with van der Waals surface area (Å²) in [7, 11) is 3.73. The van der Waals surface area contributed by atoms with Gasteiger partial charge in [0.1, 0.15) is 47.8 Å². The number of aromatic amines is 2. The summed E-state index contributed by atoms with van der Waals surface area (Å²) in [4.78, 5) is 13.1.